The average molecular weight is 314 g/mol. The minimum Gasteiger partial charge on any atom is -0.277 e. The summed E-state index contributed by atoms with van der Waals surface area (Å²) in [5.74, 6) is 0.619. The van der Waals surface area contributed by atoms with E-state index in [0.717, 1.165) is 16.9 Å². The molecule has 0 unspecified atom stereocenters. The van der Waals surface area contributed by atoms with E-state index in [-0.39, 0.29) is 0 Å². The number of para-hydroxylation sites is 1. The van der Waals surface area contributed by atoms with Crippen LogP contribution in [0.1, 0.15) is 5.56 Å². The molecule has 0 saturated heterocycles. The molecule has 3 rings (SSSR count). The molecule has 0 radical (unpaired) electrons. The Labute approximate surface area is 141 Å². The number of hydrazone groups is 1. The first-order valence-electron chi connectivity index (χ1n) is 7.78. The molecule has 4 heteroatoms. The molecule has 0 aliphatic rings. The smallest absolute Gasteiger partial charge is 0.175 e. The Morgan fingerprint density at radius 2 is 1.29 bits per heavy atom. The number of hydrogen-bond donors (Lipinski definition) is 1. The molecule has 118 valence electrons. The van der Waals surface area contributed by atoms with Gasteiger partial charge in [-0.1, -0.05) is 66.7 Å². The van der Waals surface area contributed by atoms with Gasteiger partial charge in [0.25, 0.3) is 0 Å². The first-order valence-corrected chi connectivity index (χ1v) is 7.78. The van der Waals surface area contributed by atoms with Crippen molar-refractivity contribution >= 4 is 17.2 Å². The van der Waals surface area contributed by atoms with Crippen LogP contribution in [0.5, 0.6) is 0 Å². The minimum atomic E-state index is 0.608. The Morgan fingerprint density at radius 3 is 1.96 bits per heavy atom. The standard InChI is InChI=1S/C20H18N4/c1-4-10-17(11-5-1)16-20(23-21-18-12-6-2-7-13-18)24-22-19-14-8-3-9-15-19/h1-15,21H,16H2. The topological polar surface area (TPSA) is 49.1 Å². The van der Waals surface area contributed by atoms with E-state index in [9.17, 15) is 0 Å². The first kappa shape index (κ1) is 15.6. The van der Waals surface area contributed by atoms with Crippen LogP contribution < -0.4 is 5.43 Å². The zero-order valence-electron chi connectivity index (χ0n) is 13.2. The highest BCUT2D eigenvalue weighted by Gasteiger charge is 2.01. The summed E-state index contributed by atoms with van der Waals surface area (Å²) in [5, 5.41) is 13.0. The van der Waals surface area contributed by atoms with E-state index in [1.807, 2.05) is 78.9 Å². The Hall–Kier alpha value is -3.27. The molecule has 0 amide bonds. The lowest BCUT2D eigenvalue weighted by atomic mass is 10.1. The van der Waals surface area contributed by atoms with Gasteiger partial charge in [-0.15, -0.1) is 10.2 Å². The largest absolute Gasteiger partial charge is 0.277 e. The second-order valence-electron chi connectivity index (χ2n) is 5.20. The van der Waals surface area contributed by atoms with Crippen molar-refractivity contribution in [3.05, 3.63) is 96.6 Å². The molecule has 4 nitrogen and oxygen atoms in total. The van der Waals surface area contributed by atoms with Crippen LogP contribution in [-0.2, 0) is 6.42 Å². The van der Waals surface area contributed by atoms with E-state index in [1.54, 1.807) is 0 Å². The molecule has 0 spiro atoms. The molecule has 24 heavy (non-hydrogen) atoms. The summed E-state index contributed by atoms with van der Waals surface area (Å²) in [5.41, 5.74) is 5.89. The van der Waals surface area contributed by atoms with E-state index in [0.29, 0.717) is 12.3 Å². The highest BCUT2D eigenvalue weighted by molar-refractivity contribution is 5.85. The van der Waals surface area contributed by atoms with E-state index < -0.39 is 0 Å². The number of hydrogen-bond acceptors (Lipinski definition) is 3. The van der Waals surface area contributed by atoms with Gasteiger partial charge >= 0.3 is 0 Å². The number of anilines is 1. The van der Waals surface area contributed by atoms with Gasteiger partial charge in [-0.25, -0.2) is 0 Å². The van der Waals surface area contributed by atoms with E-state index >= 15 is 0 Å². The molecule has 0 aromatic heterocycles. The molecule has 0 atom stereocenters. The quantitative estimate of drug-likeness (QED) is 0.290. The number of rotatable bonds is 5. The Bertz CT molecular complexity index is 797. The Kier molecular flexibility index (Phi) is 5.46. The second-order valence-corrected chi connectivity index (χ2v) is 5.20. The van der Waals surface area contributed by atoms with Crippen LogP contribution in [0.3, 0.4) is 0 Å². The van der Waals surface area contributed by atoms with Gasteiger partial charge in [-0.3, -0.25) is 5.43 Å². The SMILES string of the molecule is c1ccc(CC(N=Nc2ccccc2)=NNc2ccccc2)cc1. The maximum absolute atomic E-state index is 4.41. The lowest BCUT2D eigenvalue weighted by Crippen LogP contribution is -2.03. The number of amidine groups is 1. The van der Waals surface area contributed by atoms with Gasteiger partial charge in [-0.2, -0.15) is 5.10 Å². The number of benzene rings is 3. The van der Waals surface area contributed by atoms with Crippen molar-refractivity contribution in [2.45, 2.75) is 6.42 Å². The van der Waals surface area contributed by atoms with Gasteiger partial charge in [0.15, 0.2) is 5.84 Å². The molecule has 0 aliphatic heterocycles. The average Bonchev–Trinajstić information content (AvgIpc) is 2.66. The predicted molar refractivity (Wildman–Crippen MR) is 98.6 cm³/mol. The van der Waals surface area contributed by atoms with Crippen molar-refractivity contribution < 1.29 is 0 Å². The fraction of sp³-hybridized carbons (Fsp3) is 0.0500. The van der Waals surface area contributed by atoms with Crippen molar-refractivity contribution in [2.24, 2.45) is 15.3 Å². The molecular weight excluding hydrogens is 296 g/mol. The van der Waals surface area contributed by atoms with E-state index in [2.05, 4.69) is 32.9 Å². The van der Waals surface area contributed by atoms with Crippen LogP contribution in [0.4, 0.5) is 11.4 Å². The normalized spacial score (nSPS) is 11.6. The van der Waals surface area contributed by atoms with E-state index in [4.69, 9.17) is 0 Å². The van der Waals surface area contributed by atoms with Crippen LogP contribution >= 0.6 is 0 Å². The summed E-state index contributed by atoms with van der Waals surface area (Å²) in [6.07, 6.45) is 0.608. The lowest BCUT2D eigenvalue weighted by molar-refractivity contribution is 1.16. The fourth-order valence-electron chi connectivity index (χ4n) is 2.13. The third-order valence-corrected chi connectivity index (χ3v) is 3.33. The summed E-state index contributed by atoms with van der Waals surface area (Å²) in [6.45, 7) is 0. The lowest BCUT2D eigenvalue weighted by Gasteiger charge is -2.03. The zero-order valence-corrected chi connectivity index (χ0v) is 13.2. The second kappa shape index (κ2) is 8.39. The summed E-state index contributed by atoms with van der Waals surface area (Å²) in [4.78, 5) is 0. The third kappa shape index (κ3) is 4.88. The maximum atomic E-state index is 4.41. The molecular formula is C20H18N4. The monoisotopic (exact) mass is 314 g/mol. The highest BCUT2D eigenvalue weighted by Crippen LogP contribution is 2.12. The summed E-state index contributed by atoms with van der Waals surface area (Å²) in [6, 6.07) is 29.6. The number of azo groups is 1. The van der Waals surface area contributed by atoms with Crippen LogP contribution in [0.2, 0.25) is 0 Å². The first-order chi connectivity index (χ1) is 11.9. The van der Waals surface area contributed by atoms with Crippen LogP contribution in [-0.4, -0.2) is 5.84 Å². The van der Waals surface area contributed by atoms with Gasteiger partial charge in [-0.05, 0) is 29.8 Å². The molecule has 1 N–H and O–H groups in total. The van der Waals surface area contributed by atoms with Gasteiger partial charge in [0.1, 0.15) is 0 Å². The summed E-state index contributed by atoms with van der Waals surface area (Å²) < 4.78 is 0. The van der Waals surface area contributed by atoms with Crippen LogP contribution in [0.15, 0.2) is 106 Å². The number of nitrogens with zero attached hydrogens (tertiary/aromatic N) is 3. The molecule has 0 aliphatic carbocycles. The maximum Gasteiger partial charge on any atom is 0.175 e. The zero-order chi connectivity index (χ0) is 16.5. The Balaban J connectivity index is 1.78. The fourth-order valence-corrected chi connectivity index (χ4v) is 2.13. The Morgan fingerprint density at radius 1 is 0.708 bits per heavy atom. The van der Waals surface area contributed by atoms with Crippen molar-refractivity contribution in [1.82, 2.24) is 0 Å². The van der Waals surface area contributed by atoms with Crippen molar-refractivity contribution in [2.75, 3.05) is 5.43 Å². The predicted octanol–water partition coefficient (Wildman–Crippen LogP) is 5.44. The van der Waals surface area contributed by atoms with Gasteiger partial charge in [0, 0.05) is 6.42 Å². The molecule has 3 aromatic rings. The number of nitrogens with one attached hydrogen (secondary N) is 1. The highest BCUT2D eigenvalue weighted by atomic mass is 15.3. The third-order valence-electron chi connectivity index (χ3n) is 3.33. The summed E-state index contributed by atoms with van der Waals surface area (Å²) in [7, 11) is 0. The van der Waals surface area contributed by atoms with Gasteiger partial charge in [0.2, 0.25) is 0 Å². The van der Waals surface area contributed by atoms with Crippen LogP contribution in [0.25, 0.3) is 0 Å². The van der Waals surface area contributed by atoms with Gasteiger partial charge in [0.05, 0.1) is 11.4 Å². The van der Waals surface area contributed by atoms with E-state index in [1.165, 1.54) is 0 Å². The molecule has 0 fully saturated rings. The molecule has 3 aromatic carbocycles. The van der Waals surface area contributed by atoms with Crippen molar-refractivity contribution in [3.63, 3.8) is 0 Å². The van der Waals surface area contributed by atoms with Crippen molar-refractivity contribution in [3.8, 4) is 0 Å². The molecule has 0 heterocycles. The molecule has 0 saturated carbocycles. The molecule has 0 bridgehead atoms. The van der Waals surface area contributed by atoms with Crippen LogP contribution in [0, 0.1) is 0 Å². The summed E-state index contributed by atoms with van der Waals surface area (Å²) >= 11 is 0. The minimum absolute atomic E-state index is 0.608. The van der Waals surface area contributed by atoms with Gasteiger partial charge < -0.3 is 0 Å². The van der Waals surface area contributed by atoms with Crippen molar-refractivity contribution in [1.29, 1.82) is 0 Å².